The van der Waals surface area contributed by atoms with Crippen LogP contribution in [0.1, 0.15) is 54.4 Å². The third kappa shape index (κ3) is 8.46. The monoisotopic (exact) mass is 272 g/mol. The molecule has 0 bridgehead atoms. The van der Waals surface area contributed by atoms with E-state index in [1.807, 2.05) is 20.8 Å². The van der Waals surface area contributed by atoms with Crippen molar-refractivity contribution >= 4 is 12.0 Å². The molecule has 2 N–H and O–H groups in total. The molecule has 0 atom stereocenters. The van der Waals surface area contributed by atoms with Gasteiger partial charge in [-0.05, 0) is 32.6 Å². The number of carbonyl (C=O) groups is 2. The van der Waals surface area contributed by atoms with Crippen LogP contribution in [0.5, 0.6) is 0 Å². The van der Waals surface area contributed by atoms with Gasteiger partial charge in [-0.2, -0.15) is 0 Å². The summed E-state index contributed by atoms with van der Waals surface area (Å²) in [6.45, 7) is 12.9. The van der Waals surface area contributed by atoms with E-state index < -0.39 is 5.97 Å². The zero-order valence-electron chi connectivity index (χ0n) is 13.0. The first kappa shape index (κ1) is 17.7. The van der Waals surface area contributed by atoms with Gasteiger partial charge in [0.15, 0.2) is 0 Å². The summed E-state index contributed by atoms with van der Waals surface area (Å²) < 4.78 is 0. The molecule has 2 amide bonds. The highest BCUT2D eigenvalue weighted by Gasteiger charge is 2.26. The van der Waals surface area contributed by atoms with Gasteiger partial charge in [0.2, 0.25) is 0 Å². The second-order valence-electron chi connectivity index (χ2n) is 7.01. The lowest BCUT2D eigenvalue weighted by Gasteiger charge is -2.35. The lowest BCUT2D eigenvalue weighted by Crippen LogP contribution is -2.51. The minimum Gasteiger partial charge on any atom is -0.481 e. The molecule has 0 rings (SSSR count). The zero-order valence-corrected chi connectivity index (χ0v) is 13.0. The van der Waals surface area contributed by atoms with Gasteiger partial charge in [0.25, 0.3) is 0 Å². The number of rotatable bonds is 5. The van der Waals surface area contributed by atoms with E-state index in [1.54, 1.807) is 4.90 Å². The van der Waals surface area contributed by atoms with E-state index in [0.29, 0.717) is 6.54 Å². The minimum atomic E-state index is -0.892. The van der Waals surface area contributed by atoms with Gasteiger partial charge in [-0.25, -0.2) is 4.79 Å². The van der Waals surface area contributed by atoms with Crippen LogP contribution in [0, 0.1) is 5.41 Å². The van der Waals surface area contributed by atoms with Crippen molar-refractivity contribution in [2.24, 2.45) is 5.41 Å². The quantitative estimate of drug-likeness (QED) is 0.808. The third-order valence-electron chi connectivity index (χ3n) is 2.76. The summed E-state index contributed by atoms with van der Waals surface area (Å²) in [6.07, 6.45) is 0.847. The first-order chi connectivity index (χ1) is 8.43. The van der Waals surface area contributed by atoms with E-state index in [9.17, 15) is 9.59 Å². The number of amides is 2. The van der Waals surface area contributed by atoms with Crippen molar-refractivity contribution in [3.8, 4) is 0 Å². The molecule has 0 radical (unpaired) electrons. The Labute approximate surface area is 116 Å². The van der Waals surface area contributed by atoms with Crippen molar-refractivity contribution in [1.29, 1.82) is 0 Å². The first-order valence-corrected chi connectivity index (χ1v) is 6.71. The summed E-state index contributed by atoms with van der Waals surface area (Å²) in [5, 5.41) is 11.6. The number of carboxylic acids is 1. The molecule has 0 aliphatic carbocycles. The zero-order chi connectivity index (χ0) is 15.3. The van der Waals surface area contributed by atoms with Crippen LogP contribution < -0.4 is 5.32 Å². The Morgan fingerprint density at radius 2 is 1.63 bits per heavy atom. The molecule has 0 aliphatic rings. The predicted octanol–water partition coefficient (Wildman–Crippen LogP) is 2.71. The maximum atomic E-state index is 12.1. The van der Waals surface area contributed by atoms with Crippen LogP contribution in [-0.2, 0) is 4.79 Å². The largest absolute Gasteiger partial charge is 0.481 e. The van der Waals surface area contributed by atoms with Crippen molar-refractivity contribution in [2.45, 2.75) is 59.9 Å². The van der Waals surface area contributed by atoms with Gasteiger partial charge < -0.3 is 15.3 Å². The second-order valence-corrected chi connectivity index (χ2v) is 7.01. The number of nitrogens with one attached hydrogen (secondary N) is 1. The van der Waals surface area contributed by atoms with Crippen LogP contribution in [0.15, 0.2) is 0 Å². The molecule has 0 fully saturated rings. The highest BCUT2D eigenvalue weighted by atomic mass is 16.4. The summed E-state index contributed by atoms with van der Waals surface area (Å²) in [5.74, 6) is -0.892. The minimum absolute atomic E-state index is 0.0377. The molecule has 0 aromatic heterocycles. The summed E-state index contributed by atoms with van der Waals surface area (Å²) in [7, 11) is 0. The Balaban J connectivity index is 4.44. The summed E-state index contributed by atoms with van der Waals surface area (Å²) in [6, 6.07) is -0.196. The van der Waals surface area contributed by atoms with Crippen LogP contribution in [0.2, 0.25) is 0 Å². The Morgan fingerprint density at radius 3 is 2.00 bits per heavy atom. The molecule has 0 unspecified atom stereocenters. The van der Waals surface area contributed by atoms with Crippen LogP contribution in [0.25, 0.3) is 0 Å². The van der Waals surface area contributed by atoms with Crippen molar-refractivity contribution < 1.29 is 14.7 Å². The smallest absolute Gasteiger partial charge is 0.317 e. The fourth-order valence-corrected chi connectivity index (χ4v) is 1.59. The highest BCUT2D eigenvalue weighted by molar-refractivity contribution is 5.76. The molecule has 0 aromatic rings. The molecular formula is C14H28N2O3. The molecule has 112 valence electrons. The van der Waals surface area contributed by atoms with Gasteiger partial charge in [0.1, 0.15) is 0 Å². The van der Waals surface area contributed by atoms with Gasteiger partial charge in [0.05, 0.1) is 6.42 Å². The molecule has 19 heavy (non-hydrogen) atoms. The van der Waals surface area contributed by atoms with Crippen LogP contribution in [-0.4, -0.2) is 40.6 Å². The molecule has 0 saturated heterocycles. The molecule has 0 aliphatic heterocycles. The molecular weight excluding hydrogens is 244 g/mol. The number of aliphatic carboxylic acids is 1. The number of hydrogen-bond acceptors (Lipinski definition) is 2. The molecule has 5 heteroatoms. The Bertz CT molecular complexity index is 314. The average Bonchev–Trinajstić information content (AvgIpc) is 2.12. The van der Waals surface area contributed by atoms with Crippen LogP contribution in [0.4, 0.5) is 4.79 Å². The average molecular weight is 272 g/mol. The third-order valence-corrected chi connectivity index (χ3v) is 2.76. The lowest BCUT2D eigenvalue weighted by atomic mass is 9.92. The van der Waals surface area contributed by atoms with E-state index in [4.69, 9.17) is 5.11 Å². The molecule has 0 spiro atoms. The van der Waals surface area contributed by atoms with Gasteiger partial charge in [-0.15, -0.1) is 0 Å². The van der Waals surface area contributed by atoms with Crippen molar-refractivity contribution in [3.63, 3.8) is 0 Å². The topological polar surface area (TPSA) is 69.6 Å². The maximum absolute atomic E-state index is 12.1. The fraction of sp³-hybridized carbons (Fsp3) is 0.857. The van der Waals surface area contributed by atoms with Gasteiger partial charge in [0, 0.05) is 18.6 Å². The molecule has 0 heterocycles. The van der Waals surface area contributed by atoms with Gasteiger partial charge in [-0.1, -0.05) is 20.8 Å². The lowest BCUT2D eigenvalue weighted by molar-refractivity contribution is -0.137. The summed E-state index contributed by atoms with van der Waals surface area (Å²) >= 11 is 0. The Kier molecular flexibility index (Phi) is 6.33. The van der Waals surface area contributed by atoms with Crippen molar-refractivity contribution in [1.82, 2.24) is 10.2 Å². The first-order valence-electron chi connectivity index (χ1n) is 6.71. The van der Waals surface area contributed by atoms with E-state index in [0.717, 1.165) is 6.42 Å². The standard InChI is InChI=1S/C14H28N2O3/c1-13(2,3)8-9-15-12(19)16(14(4,5)6)10-7-11(17)18/h7-10H2,1-6H3,(H,15,19)(H,17,18). The van der Waals surface area contributed by atoms with Crippen molar-refractivity contribution in [2.75, 3.05) is 13.1 Å². The van der Waals surface area contributed by atoms with Crippen LogP contribution in [0.3, 0.4) is 0 Å². The van der Waals surface area contributed by atoms with E-state index in [-0.39, 0.29) is 30.0 Å². The Morgan fingerprint density at radius 1 is 1.11 bits per heavy atom. The van der Waals surface area contributed by atoms with Crippen molar-refractivity contribution in [3.05, 3.63) is 0 Å². The summed E-state index contributed by atoms with van der Waals surface area (Å²) in [5.41, 5.74) is -0.220. The number of carboxylic acid groups (broad SMARTS) is 1. The number of nitrogens with zero attached hydrogens (tertiary/aromatic N) is 1. The highest BCUT2D eigenvalue weighted by Crippen LogP contribution is 2.18. The summed E-state index contributed by atoms with van der Waals surface area (Å²) in [4.78, 5) is 24.3. The number of hydrogen-bond donors (Lipinski definition) is 2. The van der Waals surface area contributed by atoms with Gasteiger partial charge >= 0.3 is 12.0 Å². The fourth-order valence-electron chi connectivity index (χ4n) is 1.59. The molecule has 0 aromatic carbocycles. The van der Waals surface area contributed by atoms with Crippen LogP contribution >= 0.6 is 0 Å². The SMILES string of the molecule is CC(C)(C)CCNC(=O)N(CCC(=O)O)C(C)(C)C. The predicted molar refractivity (Wildman–Crippen MR) is 76.2 cm³/mol. The van der Waals surface area contributed by atoms with E-state index in [1.165, 1.54) is 0 Å². The molecule has 0 saturated carbocycles. The second kappa shape index (κ2) is 6.78. The van der Waals surface area contributed by atoms with E-state index in [2.05, 4.69) is 26.1 Å². The number of carbonyl (C=O) groups excluding carboxylic acids is 1. The van der Waals surface area contributed by atoms with Gasteiger partial charge in [-0.3, -0.25) is 4.79 Å². The van der Waals surface area contributed by atoms with E-state index >= 15 is 0 Å². The maximum Gasteiger partial charge on any atom is 0.317 e. The normalized spacial score (nSPS) is 12.1. The molecule has 5 nitrogen and oxygen atoms in total. The number of urea groups is 1. The Hall–Kier alpha value is -1.26.